The first-order valence-electron chi connectivity index (χ1n) is 7.52. The van der Waals surface area contributed by atoms with E-state index in [0.29, 0.717) is 33.0 Å². The van der Waals surface area contributed by atoms with Gasteiger partial charge in [-0.05, 0) is 37.1 Å². The van der Waals surface area contributed by atoms with E-state index >= 15 is 0 Å². The van der Waals surface area contributed by atoms with Crippen LogP contribution in [0.1, 0.15) is 36.1 Å². The minimum atomic E-state index is -0.272. The molecule has 1 N–H and O–H groups in total. The number of hydrogen-bond acceptors (Lipinski definition) is 1. The van der Waals surface area contributed by atoms with Crippen molar-refractivity contribution < 1.29 is 0 Å². The fraction of sp³-hybridized carbons (Fsp3) is 0.278. The van der Waals surface area contributed by atoms with Crippen LogP contribution in [0.5, 0.6) is 0 Å². The van der Waals surface area contributed by atoms with Crippen LogP contribution in [-0.2, 0) is 11.8 Å². The van der Waals surface area contributed by atoms with Gasteiger partial charge in [-0.15, -0.1) is 0 Å². The molecule has 1 aliphatic carbocycles. The maximum atomic E-state index is 6.25. The highest BCUT2D eigenvalue weighted by molar-refractivity contribution is 6.42. The van der Waals surface area contributed by atoms with Gasteiger partial charge in [0.25, 0.3) is 0 Å². The van der Waals surface area contributed by atoms with E-state index in [1.165, 1.54) is 0 Å². The quantitative estimate of drug-likeness (QED) is 0.622. The summed E-state index contributed by atoms with van der Waals surface area (Å²) in [6.45, 7) is 4.13. The largest absolute Gasteiger partial charge is 0.346 e. The predicted molar refractivity (Wildman–Crippen MR) is 102 cm³/mol. The zero-order valence-electron chi connectivity index (χ0n) is 13.3. The average molecular weight is 402 g/mol. The second kappa shape index (κ2) is 6.76. The van der Waals surface area contributed by atoms with Gasteiger partial charge in [-0.2, -0.15) is 0 Å². The van der Waals surface area contributed by atoms with Crippen LogP contribution in [0.15, 0.2) is 40.4 Å². The van der Waals surface area contributed by atoms with Crippen LogP contribution in [0.25, 0.3) is 0 Å². The summed E-state index contributed by atoms with van der Waals surface area (Å²) in [7, 11) is 0. The zero-order valence-corrected chi connectivity index (χ0v) is 16.3. The van der Waals surface area contributed by atoms with Crippen molar-refractivity contribution in [2.75, 3.05) is 0 Å². The summed E-state index contributed by atoms with van der Waals surface area (Å²) in [4.78, 5) is 8.17. The Bertz CT molecular complexity index is 851. The van der Waals surface area contributed by atoms with Crippen molar-refractivity contribution in [3.63, 3.8) is 0 Å². The molecule has 2 nitrogen and oxygen atoms in total. The topological polar surface area (TPSA) is 28.7 Å². The van der Waals surface area contributed by atoms with Gasteiger partial charge in [0.2, 0.25) is 0 Å². The Kier molecular flexibility index (Phi) is 5.04. The van der Waals surface area contributed by atoms with Crippen molar-refractivity contribution in [3.05, 3.63) is 73.2 Å². The van der Waals surface area contributed by atoms with E-state index < -0.39 is 0 Å². The molecule has 0 aliphatic heterocycles. The molecule has 0 bridgehead atoms. The summed E-state index contributed by atoms with van der Waals surface area (Å²) in [5.41, 5.74) is 2.79. The number of aromatic amines is 1. The highest BCUT2D eigenvalue weighted by Crippen LogP contribution is 2.40. The molecule has 1 aromatic carbocycles. The van der Waals surface area contributed by atoms with Crippen LogP contribution in [0.4, 0.5) is 0 Å². The van der Waals surface area contributed by atoms with Gasteiger partial charge in [0, 0.05) is 22.6 Å². The Morgan fingerprint density at radius 3 is 2.58 bits per heavy atom. The van der Waals surface area contributed by atoms with Gasteiger partial charge in [0.15, 0.2) is 0 Å². The lowest BCUT2D eigenvalue weighted by Gasteiger charge is -2.27. The van der Waals surface area contributed by atoms with Crippen LogP contribution >= 0.6 is 46.4 Å². The Morgan fingerprint density at radius 2 is 1.92 bits per heavy atom. The fourth-order valence-electron chi connectivity index (χ4n) is 2.98. The molecule has 1 atom stereocenters. The molecule has 24 heavy (non-hydrogen) atoms. The summed E-state index contributed by atoms with van der Waals surface area (Å²) >= 11 is 24.4. The molecule has 1 aliphatic rings. The van der Waals surface area contributed by atoms with E-state index in [1.807, 2.05) is 25.1 Å². The normalized spacial score (nSPS) is 20.8. The molecule has 126 valence electrons. The van der Waals surface area contributed by atoms with Gasteiger partial charge < -0.3 is 4.98 Å². The number of benzene rings is 1. The summed E-state index contributed by atoms with van der Waals surface area (Å²) in [5.74, 6) is 0.882. The summed E-state index contributed by atoms with van der Waals surface area (Å²) in [6.07, 6.45) is 5.21. The number of nitrogens with one attached hydrogen (secondary N) is 1. The van der Waals surface area contributed by atoms with Gasteiger partial charge in [0.05, 0.1) is 20.8 Å². The first-order valence-corrected chi connectivity index (χ1v) is 9.03. The number of hydrogen-bond donors (Lipinski definition) is 1. The lowest BCUT2D eigenvalue weighted by atomic mass is 9.80. The number of imidazole rings is 1. The van der Waals surface area contributed by atoms with E-state index in [2.05, 4.69) is 18.0 Å². The van der Waals surface area contributed by atoms with E-state index in [9.17, 15) is 0 Å². The monoisotopic (exact) mass is 400 g/mol. The van der Waals surface area contributed by atoms with Crippen molar-refractivity contribution in [1.29, 1.82) is 0 Å². The molecule has 0 spiro atoms. The van der Waals surface area contributed by atoms with Crippen LogP contribution in [-0.4, -0.2) is 9.97 Å². The van der Waals surface area contributed by atoms with Crippen LogP contribution in [0.2, 0.25) is 10.0 Å². The molecule has 1 heterocycles. The Labute approximate surface area is 161 Å². The van der Waals surface area contributed by atoms with Crippen LogP contribution in [0, 0.1) is 6.92 Å². The number of aryl methyl sites for hydroxylation is 1. The van der Waals surface area contributed by atoms with Crippen molar-refractivity contribution >= 4 is 46.4 Å². The molecule has 1 aromatic heterocycles. The lowest BCUT2D eigenvalue weighted by Crippen LogP contribution is -2.23. The van der Waals surface area contributed by atoms with Crippen molar-refractivity contribution in [2.45, 2.75) is 32.1 Å². The number of rotatable bonds is 3. The first kappa shape index (κ1) is 17.9. The van der Waals surface area contributed by atoms with Crippen molar-refractivity contribution in [3.8, 4) is 0 Å². The molecular formula is C18H16Cl4N2. The fourth-order valence-corrected chi connectivity index (χ4v) is 3.77. The predicted octanol–water partition coefficient (Wildman–Crippen LogP) is 6.52. The van der Waals surface area contributed by atoms with Gasteiger partial charge >= 0.3 is 0 Å². The number of nitrogens with zero attached hydrogens (tertiary/aromatic N) is 1. The Hall–Kier alpha value is -0.930. The third-order valence-electron chi connectivity index (χ3n) is 4.21. The third kappa shape index (κ3) is 3.52. The van der Waals surface area contributed by atoms with Gasteiger partial charge in [-0.3, -0.25) is 0 Å². The summed E-state index contributed by atoms with van der Waals surface area (Å²) in [5, 5.41) is 2.36. The third-order valence-corrected chi connectivity index (χ3v) is 5.74. The molecule has 2 aromatic rings. The highest BCUT2D eigenvalue weighted by Gasteiger charge is 2.32. The molecule has 3 rings (SSSR count). The van der Waals surface area contributed by atoms with Crippen LogP contribution in [0.3, 0.4) is 0 Å². The Morgan fingerprint density at radius 1 is 1.17 bits per heavy atom. The molecule has 0 fully saturated rings. The minimum Gasteiger partial charge on any atom is -0.346 e. The minimum absolute atomic E-state index is 0.272. The van der Waals surface area contributed by atoms with E-state index in [4.69, 9.17) is 51.4 Å². The molecule has 0 saturated heterocycles. The molecule has 0 amide bonds. The van der Waals surface area contributed by atoms with E-state index in [0.717, 1.165) is 22.8 Å². The number of halogens is 4. The second-order valence-corrected chi connectivity index (χ2v) is 7.94. The van der Waals surface area contributed by atoms with Gasteiger partial charge in [0.1, 0.15) is 5.82 Å². The highest BCUT2D eigenvalue weighted by atomic mass is 35.5. The molecule has 0 radical (unpaired) electrons. The molecular weight excluding hydrogens is 386 g/mol. The lowest BCUT2D eigenvalue weighted by molar-refractivity contribution is 0.571. The molecule has 6 heteroatoms. The number of aromatic nitrogens is 2. The molecule has 0 saturated carbocycles. The van der Waals surface area contributed by atoms with E-state index in [1.54, 1.807) is 6.07 Å². The van der Waals surface area contributed by atoms with E-state index in [-0.39, 0.29) is 5.41 Å². The van der Waals surface area contributed by atoms with Crippen molar-refractivity contribution in [1.82, 2.24) is 9.97 Å². The Balaban J connectivity index is 1.88. The SMILES string of the molecule is Cc1[nH]c(Cc2ccc(Cl)c(Cl)c2)nc1C1(C)C=CC(Cl)=C(Cl)C1. The molecule has 1 unspecified atom stereocenters. The summed E-state index contributed by atoms with van der Waals surface area (Å²) < 4.78 is 0. The maximum absolute atomic E-state index is 6.25. The second-order valence-electron chi connectivity index (χ2n) is 6.26. The maximum Gasteiger partial charge on any atom is 0.111 e. The average Bonchev–Trinajstić information content (AvgIpc) is 2.89. The number of H-pyrrole nitrogens is 1. The number of allylic oxidation sites excluding steroid dienone is 4. The standard InChI is InChI=1S/C18H16Cl4N2/c1-10-17(18(2)6-5-13(20)15(22)9-18)24-16(23-10)8-11-3-4-12(19)14(21)7-11/h3-7H,8-9H2,1-2H3,(H,23,24). The van der Waals surface area contributed by atoms with Gasteiger partial charge in [-0.25, -0.2) is 4.98 Å². The first-order chi connectivity index (χ1) is 11.3. The van der Waals surface area contributed by atoms with Crippen LogP contribution < -0.4 is 0 Å². The van der Waals surface area contributed by atoms with Crippen molar-refractivity contribution in [2.24, 2.45) is 0 Å². The smallest absolute Gasteiger partial charge is 0.111 e. The zero-order chi connectivity index (χ0) is 17.5. The van der Waals surface area contributed by atoms with Gasteiger partial charge in [-0.1, -0.05) is 65.5 Å². The summed E-state index contributed by atoms with van der Waals surface area (Å²) in [6, 6.07) is 5.62.